The number of fused-ring (bicyclic) bond motifs is 2. The lowest BCUT2D eigenvalue weighted by Crippen LogP contribution is -2.58. The topological polar surface area (TPSA) is 28.6 Å². The van der Waals surface area contributed by atoms with Gasteiger partial charge in [-0.25, -0.2) is 0 Å². The van der Waals surface area contributed by atoms with Crippen LogP contribution in [0.4, 0.5) is 5.69 Å². The quantitative estimate of drug-likeness (QED) is 0.788. The van der Waals surface area contributed by atoms with Crippen molar-refractivity contribution < 1.29 is 4.74 Å². The first-order valence-corrected chi connectivity index (χ1v) is 7.31. The number of hydrogen-bond donors (Lipinski definition) is 0. The molecule has 2 aromatic rings. The van der Waals surface area contributed by atoms with E-state index in [4.69, 9.17) is 4.74 Å². The standard InChI is InChI=1S/C16H19N3O/c1-2-15(9-14-10-17-4-3-13(1)14)19-6-5-18-7-8-20-12-16(18)11-19/h1-4,9-10,16H,5-8,11-12H2/t16-/m0/s1. The highest BCUT2D eigenvalue weighted by atomic mass is 16.5. The highest BCUT2D eigenvalue weighted by Crippen LogP contribution is 2.24. The lowest BCUT2D eigenvalue weighted by Gasteiger charge is -2.44. The Kier molecular flexibility index (Phi) is 3.05. The number of morpholine rings is 1. The van der Waals surface area contributed by atoms with Crippen LogP contribution >= 0.6 is 0 Å². The molecule has 4 rings (SSSR count). The Balaban J connectivity index is 1.59. The molecule has 2 aliphatic heterocycles. The van der Waals surface area contributed by atoms with E-state index in [1.54, 1.807) is 0 Å². The molecule has 0 spiro atoms. The van der Waals surface area contributed by atoms with Crippen molar-refractivity contribution in [2.24, 2.45) is 0 Å². The number of anilines is 1. The van der Waals surface area contributed by atoms with Crippen LogP contribution in [-0.4, -0.2) is 55.3 Å². The van der Waals surface area contributed by atoms with Crippen molar-refractivity contribution in [3.63, 3.8) is 0 Å². The number of piperazine rings is 1. The lowest BCUT2D eigenvalue weighted by molar-refractivity contribution is -0.0116. The molecule has 0 unspecified atom stereocenters. The first-order chi connectivity index (χ1) is 9.90. The van der Waals surface area contributed by atoms with Gasteiger partial charge in [-0.2, -0.15) is 0 Å². The number of rotatable bonds is 1. The normalized spacial score (nSPS) is 23.8. The summed E-state index contributed by atoms with van der Waals surface area (Å²) >= 11 is 0. The summed E-state index contributed by atoms with van der Waals surface area (Å²) in [5, 5.41) is 2.47. The van der Waals surface area contributed by atoms with E-state index in [1.165, 1.54) is 16.5 Å². The van der Waals surface area contributed by atoms with Crippen LogP contribution in [0.1, 0.15) is 0 Å². The zero-order valence-electron chi connectivity index (χ0n) is 11.5. The molecule has 1 aromatic carbocycles. The van der Waals surface area contributed by atoms with Crippen molar-refractivity contribution in [1.29, 1.82) is 0 Å². The SMILES string of the molecule is c1cc2ccc(N3CCN4CCOC[C@@H]4C3)cc2cn1. The summed E-state index contributed by atoms with van der Waals surface area (Å²) in [6, 6.07) is 9.27. The fourth-order valence-corrected chi connectivity index (χ4v) is 3.25. The van der Waals surface area contributed by atoms with E-state index >= 15 is 0 Å². The molecule has 104 valence electrons. The van der Waals surface area contributed by atoms with Crippen molar-refractivity contribution in [2.75, 3.05) is 44.3 Å². The maximum atomic E-state index is 5.62. The molecule has 0 bridgehead atoms. The van der Waals surface area contributed by atoms with E-state index in [2.05, 4.69) is 39.0 Å². The average Bonchev–Trinajstić information content (AvgIpc) is 2.54. The van der Waals surface area contributed by atoms with Gasteiger partial charge in [-0.1, -0.05) is 6.07 Å². The lowest BCUT2D eigenvalue weighted by atomic mass is 10.1. The minimum absolute atomic E-state index is 0.544. The molecular weight excluding hydrogens is 250 g/mol. The van der Waals surface area contributed by atoms with Crippen LogP contribution in [0.2, 0.25) is 0 Å². The molecule has 0 radical (unpaired) electrons. The van der Waals surface area contributed by atoms with Gasteiger partial charge in [0, 0.05) is 49.6 Å². The van der Waals surface area contributed by atoms with Crippen LogP contribution in [0, 0.1) is 0 Å². The molecule has 4 heteroatoms. The Hall–Kier alpha value is -1.65. The molecule has 0 saturated carbocycles. The first kappa shape index (κ1) is 12.1. The fourth-order valence-electron chi connectivity index (χ4n) is 3.25. The Morgan fingerprint density at radius 3 is 3.10 bits per heavy atom. The molecule has 3 heterocycles. The molecule has 1 aromatic heterocycles. The van der Waals surface area contributed by atoms with E-state index in [1.807, 2.05) is 12.4 Å². The second-order valence-corrected chi connectivity index (χ2v) is 5.62. The van der Waals surface area contributed by atoms with Gasteiger partial charge in [-0.05, 0) is 23.6 Å². The fraction of sp³-hybridized carbons (Fsp3) is 0.438. The molecule has 2 fully saturated rings. The average molecular weight is 269 g/mol. The van der Waals surface area contributed by atoms with E-state index < -0.39 is 0 Å². The van der Waals surface area contributed by atoms with Gasteiger partial charge in [0.25, 0.3) is 0 Å². The summed E-state index contributed by atoms with van der Waals surface area (Å²) in [6.07, 6.45) is 3.79. The van der Waals surface area contributed by atoms with Gasteiger partial charge >= 0.3 is 0 Å². The van der Waals surface area contributed by atoms with Gasteiger partial charge in [0.05, 0.1) is 19.3 Å². The van der Waals surface area contributed by atoms with Gasteiger partial charge in [0.15, 0.2) is 0 Å². The maximum Gasteiger partial charge on any atom is 0.0639 e. The zero-order valence-corrected chi connectivity index (χ0v) is 11.5. The molecule has 1 atom stereocenters. The van der Waals surface area contributed by atoms with E-state index in [0.29, 0.717) is 6.04 Å². The van der Waals surface area contributed by atoms with E-state index in [0.717, 1.165) is 39.4 Å². The summed E-state index contributed by atoms with van der Waals surface area (Å²) < 4.78 is 5.62. The third-order valence-corrected chi connectivity index (χ3v) is 4.43. The largest absolute Gasteiger partial charge is 0.378 e. The van der Waals surface area contributed by atoms with Crippen LogP contribution in [0.3, 0.4) is 0 Å². The smallest absolute Gasteiger partial charge is 0.0639 e. The highest BCUT2D eigenvalue weighted by Gasteiger charge is 2.29. The number of hydrogen-bond acceptors (Lipinski definition) is 4. The number of nitrogens with zero attached hydrogens (tertiary/aromatic N) is 3. The summed E-state index contributed by atoms with van der Waals surface area (Å²) in [7, 11) is 0. The number of ether oxygens (including phenoxy) is 1. The predicted molar refractivity (Wildman–Crippen MR) is 80.1 cm³/mol. The number of aromatic nitrogens is 1. The number of pyridine rings is 1. The molecule has 0 amide bonds. The second-order valence-electron chi connectivity index (χ2n) is 5.62. The Morgan fingerprint density at radius 1 is 1.10 bits per heavy atom. The summed E-state index contributed by atoms with van der Waals surface area (Å²) in [6.45, 7) is 6.14. The third kappa shape index (κ3) is 2.15. The maximum absolute atomic E-state index is 5.62. The van der Waals surface area contributed by atoms with Crippen LogP contribution in [0.15, 0.2) is 36.7 Å². The molecule has 4 nitrogen and oxygen atoms in total. The van der Waals surface area contributed by atoms with Crippen LogP contribution in [0.25, 0.3) is 10.8 Å². The Bertz CT molecular complexity index is 615. The minimum atomic E-state index is 0.544. The summed E-state index contributed by atoms with van der Waals surface area (Å²) in [5.41, 5.74) is 1.30. The van der Waals surface area contributed by atoms with Gasteiger partial charge in [0.1, 0.15) is 0 Å². The molecule has 0 aliphatic carbocycles. The Labute approximate surface area is 119 Å². The van der Waals surface area contributed by atoms with Gasteiger partial charge in [-0.3, -0.25) is 9.88 Å². The van der Waals surface area contributed by atoms with Crippen LogP contribution < -0.4 is 4.90 Å². The molecule has 0 N–H and O–H groups in total. The highest BCUT2D eigenvalue weighted by molar-refractivity contribution is 5.85. The molecular formula is C16H19N3O. The van der Waals surface area contributed by atoms with Crippen molar-refractivity contribution in [1.82, 2.24) is 9.88 Å². The first-order valence-electron chi connectivity index (χ1n) is 7.31. The second kappa shape index (κ2) is 5.04. The zero-order chi connectivity index (χ0) is 13.4. The van der Waals surface area contributed by atoms with Crippen molar-refractivity contribution in [3.8, 4) is 0 Å². The predicted octanol–water partition coefficient (Wildman–Crippen LogP) is 1.76. The van der Waals surface area contributed by atoms with Crippen molar-refractivity contribution in [3.05, 3.63) is 36.7 Å². The van der Waals surface area contributed by atoms with Crippen LogP contribution in [-0.2, 0) is 4.74 Å². The van der Waals surface area contributed by atoms with Crippen LogP contribution in [0.5, 0.6) is 0 Å². The monoisotopic (exact) mass is 269 g/mol. The van der Waals surface area contributed by atoms with Gasteiger partial charge in [-0.15, -0.1) is 0 Å². The minimum Gasteiger partial charge on any atom is -0.378 e. The van der Waals surface area contributed by atoms with Crippen molar-refractivity contribution >= 4 is 16.5 Å². The molecule has 2 saturated heterocycles. The van der Waals surface area contributed by atoms with Gasteiger partial charge < -0.3 is 9.64 Å². The third-order valence-electron chi connectivity index (χ3n) is 4.43. The van der Waals surface area contributed by atoms with Crippen molar-refractivity contribution in [2.45, 2.75) is 6.04 Å². The number of benzene rings is 1. The summed E-state index contributed by atoms with van der Waals surface area (Å²) in [4.78, 5) is 9.25. The van der Waals surface area contributed by atoms with E-state index in [9.17, 15) is 0 Å². The molecule has 20 heavy (non-hydrogen) atoms. The Morgan fingerprint density at radius 2 is 2.10 bits per heavy atom. The van der Waals surface area contributed by atoms with E-state index in [-0.39, 0.29) is 0 Å². The molecule has 2 aliphatic rings. The van der Waals surface area contributed by atoms with Gasteiger partial charge in [0.2, 0.25) is 0 Å². The summed E-state index contributed by atoms with van der Waals surface area (Å²) in [5.74, 6) is 0.